The average Bonchev–Trinajstić information content (AvgIpc) is 2.13. The fourth-order valence-corrected chi connectivity index (χ4v) is 2.52. The second kappa shape index (κ2) is 4.39. The summed E-state index contributed by atoms with van der Waals surface area (Å²) < 4.78 is 59.9. The molecule has 0 aliphatic heterocycles. The number of benzene rings is 1. The van der Waals surface area contributed by atoms with Crippen LogP contribution in [0.3, 0.4) is 0 Å². The van der Waals surface area contributed by atoms with Crippen LogP contribution in [0.15, 0.2) is 17.0 Å². The molecule has 0 amide bonds. The molecule has 0 aliphatic carbocycles. The molecule has 0 fully saturated rings. The van der Waals surface area contributed by atoms with Gasteiger partial charge >= 0.3 is 6.18 Å². The molecular weight excluding hydrogens is 299 g/mol. The highest BCUT2D eigenvalue weighted by atomic mass is 35.5. The number of hydrogen-bond acceptors (Lipinski definition) is 4. The third kappa shape index (κ3) is 2.91. The molecule has 0 saturated carbocycles. The number of nitrogens with zero attached hydrogens (tertiary/aromatic N) is 1. The van der Waals surface area contributed by atoms with Crippen LogP contribution in [-0.2, 0) is 16.0 Å². The van der Waals surface area contributed by atoms with Crippen LogP contribution in [0.5, 0.6) is 0 Å². The predicted molar refractivity (Wildman–Crippen MR) is 56.2 cm³/mol. The van der Waals surface area contributed by atoms with Crippen molar-refractivity contribution in [3.63, 3.8) is 0 Å². The highest BCUT2D eigenvalue weighted by Crippen LogP contribution is 2.38. The van der Waals surface area contributed by atoms with Crippen LogP contribution in [0.2, 0.25) is 5.02 Å². The number of nitro groups is 1. The van der Waals surface area contributed by atoms with Gasteiger partial charge < -0.3 is 0 Å². The third-order valence-corrected chi connectivity index (χ3v) is 3.57. The van der Waals surface area contributed by atoms with Gasteiger partial charge in [-0.05, 0) is 6.07 Å². The van der Waals surface area contributed by atoms with Crippen molar-refractivity contribution in [1.29, 1.82) is 0 Å². The Kier molecular flexibility index (Phi) is 3.59. The van der Waals surface area contributed by atoms with Crippen LogP contribution >= 0.6 is 11.6 Å². The van der Waals surface area contributed by atoms with E-state index in [0.29, 0.717) is 6.26 Å². The van der Waals surface area contributed by atoms with Gasteiger partial charge in [0.15, 0.2) is 9.84 Å². The number of hydrogen-bond donors (Lipinski definition) is 0. The normalized spacial score (nSPS) is 12.5. The fourth-order valence-electron chi connectivity index (χ4n) is 1.15. The molecule has 0 heterocycles. The van der Waals surface area contributed by atoms with Crippen molar-refractivity contribution in [3.8, 4) is 0 Å². The predicted octanol–water partition coefficient (Wildman–Crippen LogP) is 2.67. The monoisotopic (exact) mass is 303 g/mol. The van der Waals surface area contributed by atoms with Crippen molar-refractivity contribution in [3.05, 3.63) is 32.8 Å². The molecule has 18 heavy (non-hydrogen) atoms. The molecule has 0 N–H and O–H groups in total. The van der Waals surface area contributed by atoms with Gasteiger partial charge in [-0.25, -0.2) is 8.42 Å². The number of alkyl halides is 3. The Morgan fingerprint density at radius 1 is 1.33 bits per heavy atom. The SMILES string of the molecule is CS(=O)(=O)c1cc(C(F)(F)F)cc([N+](=O)[O-])c1Cl. The number of rotatable bonds is 2. The van der Waals surface area contributed by atoms with E-state index in [-0.39, 0.29) is 12.1 Å². The summed E-state index contributed by atoms with van der Waals surface area (Å²) in [6.45, 7) is 0. The van der Waals surface area contributed by atoms with E-state index < -0.39 is 42.1 Å². The first-order chi connectivity index (χ1) is 7.94. The highest BCUT2D eigenvalue weighted by Gasteiger charge is 2.35. The van der Waals surface area contributed by atoms with Gasteiger partial charge in [0.25, 0.3) is 5.69 Å². The van der Waals surface area contributed by atoms with Crippen LogP contribution in [0, 0.1) is 10.1 Å². The van der Waals surface area contributed by atoms with Gasteiger partial charge in [-0.3, -0.25) is 10.1 Å². The zero-order chi connectivity index (χ0) is 14.3. The van der Waals surface area contributed by atoms with Crippen molar-refractivity contribution < 1.29 is 26.5 Å². The fraction of sp³-hybridized carbons (Fsp3) is 0.250. The van der Waals surface area contributed by atoms with Gasteiger partial charge in [-0.15, -0.1) is 0 Å². The van der Waals surface area contributed by atoms with Crippen LogP contribution in [0.4, 0.5) is 18.9 Å². The summed E-state index contributed by atoms with van der Waals surface area (Å²) in [5.41, 5.74) is -2.55. The average molecular weight is 304 g/mol. The van der Waals surface area contributed by atoms with E-state index in [2.05, 4.69) is 0 Å². The second-order valence-electron chi connectivity index (χ2n) is 3.33. The molecule has 0 bridgehead atoms. The molecule has 0 saturated heterocycles. The molecule has 5 nitrogen and oxygen atoms in total. The molecule has 1 aromatic carbocycles. The maximum Gasteiger partial charge on any atom is 0.416 e. The summed E-state index contributed by atoms with van der Waals surface area (Å²) in [4.78, 5) is 8.44. The summed E-state index contributed by atoms with van der Waals surface area (Å²) in [6, 6.07) is 0.460. The Morgan fingerprint density at radius 3 is 2.17 bits per heavy atom. The van der Waals surface area contributed by atoms with E-state index in [4.69, 9.17) is 11.6 Å². The maximum absolute atomic E-state index is 12.5. The van der Waals surface area contributed by atoms with Gasteiger partial charge in [-0.2, -0.15) is 13.2 Å². The standard InChI is InChI=1S/C8H5ClF3NO4S/c1-18(16,17)6-3-4(8(10,11)12)2-5(7(6)9)13(14)15/h2-3H,1H3. The summed E-state index contributed by atoms with van der Waals surface area (Å²) >= 11 is 5.42. The maximum atomic E-state index is 12.5. The Hall–Kier alpha value is -1.35. The van der Waals surface area contributed by atoms with Crippen molar-refractivity contribution in [1.82, 2.24) is 0 Å². The van der Waals surface area contributed by atoms with E-state index >= 15 is 0 Å². The van der Waals surface area contributed by atoms with E-state index in [1.165, 1.54) is 0 Å². The Balaban J connectivity index is 3.74. The minimum Gasteiger partial charge on any atom is -0.258 e. The van der Waals surface area contributed by atoms with Gasteiger partial charge in [-0.1, -0.05) is 11.6 Å². The lowest BCUT2D eigenvalue weighted by molar-refractivity contribution is -0.385. The van der Waals surface area contributed by atoms with E-state index in [0.717, 1.165) is 0 Å². The second-order valence-corrected chi connectivity index (χ2v) is 5.70. The number of halogens is 4. The first-order valence-electron chi connectivity index (χ1n) is 4.20. The number of sulfone groups is 1. The molecule has 1 rings (SSSR count). The Bertz CT molecular complexity index is 612. The molecule has 0 aliphatic rings. The molecule has 0 unspecified atom stereocenters. The molecule has 0 spiro atoms. The summed E-state index contributed by atoms with van der Waals surface area (Å²) in [7, 11) is -4.11. The zero-order valence-corrected chi connectivity index (χ0v) is 10.2. The Labute approximate surface area is 104 Å². The topological polar surface area (TPSA) is 77.3 Å². The summed E-state index contributed by atoms with van der Waals surface area (Å²) in [5, 5.41) is 9.70. The molecule has 10 heteroatoms. The van der Waals surface area contributed by atoms with Crippen LogP contribution < -0.4 is 0 Å². The smallest absolute Gasteiger partial charge is 0.258 e. The zero-order valence-electron chi connectivity index (χ0n) is 8.66. The summed E-state index contributed by atoms with van der Waals surface area (Å²) in [5.74, 6) is 0. The molecule has 0 radical (unpaired) electrons. The van der Waals surface area contributed by atoms with Crippen LogP contribution in [0.25, 0.3) is 0 Å². The minimum atomic E-state index is -4.91. The molecule has 0 aromatic heterocycles. The molecule has 0 atom stereocenters. The lowest BCUT2D eigenvalue weighted by Crippen LogP contribution is -2.09. The largest absolute Gasteiger partial charge is 0.416 e. The molecule has 1 aromatic rings. The third-order valence-electron chi connectivity index (χ3n) is 1.94. The summed E-state index contributed by atoms with van der Waals surface area (Å²) in [6.07, 6.45) is -4.30. The lowest BCUT2D eigenvalue weighted by Gasteiger charge is -2.09. The van der Waals surface area contributed by atoms with Gasteiger partial charge in [0.1, 0.15) is 5.02 Å². The highest BCUT2D eigenvalue weighted by molar-refractivity contribution is 7.90. The van der Waals surface area contributed by atoms with E-state index in [9.17, 15) is 31.7 Å². The minimum absolute atomic E-state index is 0.191. The van der Waals surface area contributed by atoms with E-state index in [1.807, 2.05) is 0 Å². The molecule has 100 valence electrons. The van der Waals surface area contributed by atoms with Gasteiger partial charge in [0.2, 0.25) is 0 Å². The lowest BCUT2D eigenvalue weighted by atomic mass is 10.2. The van der Waals surface area contributed by atoms with Crippen molar-refractivity contribution in [2.24, 2.45) is 0 Å². The quantitative estimate of drug-likeness (QED) is 0.621. The van der Waals surface area contributed by atoms with E-state index in [1.54, 1.807) is 0 Å². The van der Waals surface area contributed by atoms with Crippen LogP contribution in [0.1, 0.15) is 5.56 Å². The first kappa shape index (κ1) is 14.7. The van der Waals surface area contributed by atoms with Gasteiger partial charge in [0.05, 0.1) is 15.4 Å². The van der Waals surface area contributed by atoms with Crippen molar-refractivity contribution >= 4 is 27.1 Å². The van der Waals surface area contributed by atoms with Crippen molar-refractivity contribution in [2.75, 3.05) is 6.26 Å². The van der Waals surface area contributed by atoms with Gasteiger partial charge in [0, 0.05) is 12.3 Å². The first-order valence-corrected chi connectivity index (χ1v) is 6.46. The van der Waals surface area contributed by atoms with Crippen molar-refractivity contribution in [2.45, 2.75) is 11.1 Å². The van der Waals surface area contributed by atoms with Crippen LogP contribution in [-0.4, -0.2) is 19.6 Å². The number of nitro benzene ring substituents is 1. The Morgan fingerprint density at radius 2 is 1.83 bits per heavy atom. The molecular formula is C8H5ClF3NO4S.